The number of carbonyl (C=O) groups is 2. The van der Waals surface area contributed by atoms with Gasteiger partial charge in [0.1, 0.15) is 11.9 Å². The summed E-state index contributed by atoms with van der Waals surface area (Å²) in [5.74, 6) is -0.660. The fourth-order valence-corrected chi connectivity index (χ4v) is 4.58. The van der Waals surface area contributed by atoms with Gasteiger partial charge in [0.05, 0.1) is 11.9 Å². The second kappa shape index (κ2) is 12.7. The van der Waals surface area contributed by atoms with E-state index in [1.54, 1.807) is 11.8 Å². The summed E-state index contributed by atoms with van der Waals surface area (Å²) in [6.45, 7) is 8.49. The molecule has 0 saturated carbocycles. The number of rotatable bonds is 12. The molecule has 35 heavy (non-hydrogen) atoms. The zero-order valence-electron chi connectivity index (χ0n) is 21.1. The fourth-order valence-electron chi connectivity index (χ4n) is 3.62. The van der Waals surface area contributed by atoms with Crippen LogP contribution in [-0.4, -0.2) is 50.5 Å². The van der Waals surface area contributed by atoms with E-state index < -0.39 is 21.9 Å². The van der Waals surface area contributed by atoms with Gasteiger partial charge in [-0.1, -0.05) is 38.1 Å². The molecule has 2 aromatic carbocycles. The first kappa shape index (κ1) is 28.3. The molecule has 0 aliphatic carbocycles. The molecule has 0 spiro atoms. The van der Waals surface area contributed by atoms with Crippen molar-refractivity contribution in [3.05, 3.63) is 65.5 Å². The smallest absolute Gasteiger partial charge is 0.242 e. The fraction of sp³-hybridized carbons (Fsp3) is 0.462. The average molecular weight is 506 g/mol. The van der Waals surface area contributed by atoms with Crippen LogP contribution < -0.4 is 9.62 Å². The number of anilines is 1. The maximum atomic E-state index is 13.3. The second-order valence-electron chi connectivity index (χ2n) is 9.18. The number of hydrogen-bond acceptors (Lipinski definition) is 4. The van der Waals surface area contributed by atoms with Gasteiger partial charge in [-0.25, -0.2) is 12.8 Å². The molecule has 0 aromatic heterocycles. The van der Waals surface area contributed by atoms with E-state index in [-0.39, 0.29) is 43.7 Å². The first-order valence-electron chi connectivity index (χ1n) is 11.7. The lowest BCUT2D eigenvalue weighted by Gasteiger charge is -2.30. The summed E-state index contributed by atoms with van der Waals surface area (Å²) < 4.78 is 39.1. The molecule has 0 radical (unpaired) electrons. The van der Waals surface area contributed by atoms with Crippen molar-refractivity contribution >= 4 is 27.5 Å². The molecular formula is C26H36FN3O4S. The number of aryl methyl sites for hydroxylation is 1. The zero-order chi connectivity index (χ0) is 26.2. The molecular weight excluding hydrogens is 469 g/mol. The van der Waals surface area contributed by atoms with Crippen molar-refractivity contribution in [2.75, 3.05) is 23.7 Å². The third-order valence-corrected chi connectivity index (χ3v) is 6.91. The van der Waals surface area contributed by atoms with Crippen LogP contribution in [0.1, 0.15) is 44.7 Å². The van der Waals surface area contributed by atoms with Gasteiger partial charge in [0.2, 0.25) is 21.8 Å². The Hall–Kier alpha value is -2.94. The maximum Gasteiger partial charge on any atom is 0.242 e. The summed E-state index contributed by atoms with van der Waals surface area (Å²) in [5.41, 5.74) is 2.28. The van der Waals surface area contributed by atoms with E-state index in [0.717, 1.165) is 21.7 Å². The predicted molar refractivity (Wildman–Crippen MR) is 137 cm³/mol. The highest BCUT2D eigenvalue weighted by molar-refractivity contribution is 7.92. The first-order chi connectivity index (χ1) is 16.4. The van der Waals surface area contributed by atoms with E-state index in [9.17, 15) is 22.4 Å². The molecule has 0 saturated heterocycles. The summed E-state index contributed by atoms with van der Waals surface area (Å²) >= 11 is 0. The molecule has 2 rings (SSSR count). The number of hydrogen-bond donors (Lipinski definition) is 1. The highest BCUT2D eigenvalue weighted by Gasteiger charge is 2.27. The van der Waals surface area contributed by atoms with Crippen LogP contribution >= 0.6 is 0 Å². The lowest BCUT2D eigenvalue weighted by molar-refractivity contribution is -0.140. The topological polar surface area (TPSA) is 86.8 Å². The van der Waals surface area contributed by atoms with E-state index >= 15 is 0 Å². The SMILES string of the molecule is Cc1ccccc1CN(C(=O)CCCN(c1ccc(F)cc1)S(C)(=O)=O)[C@@H](C)C(=O)NCC(C)C. The van der Waals surface area contributed by atoms with Gasteiger partial charge in [-0.2, -0.15) is 0 Å². The van der Waals surface area contributed by atoms with Crippen LogP contribution in [0.15, 0.2) is 48.5 Å². The average Bonchev–Trinajstić information content (AvgIpc) is 2.79. The lowest BCUT2D eigenvalue weighted by Crippen LogP contribution is -2.48. The molecule has 1 atom stereocenters. The van der Waals surface area contributed by atoms with Crippen molar-refractivity contribution in [3.8, 4) is 0 Å². The number of halogens is 1. The summed E-state index contributed by atoms with van der Waals surface area (Å²) in [6, 6.07) is 12.2. The molecule has 0 unspecified atom stereocenters. The van der Waals surface area contributed by atoms with Gasteiger partial charge in [-0.15, -0.1) is 0 Å². The number of nitrogens with zero attached hydrogens (tertiary/aromatic N) is 2. The molecule has 2 amide bonds. The summed E-state index contributed by atoms with van der Waals surface area (Å²) in [5, 5.41) is 2.89. The highest BCUT2D eigenvalue weighted by Crippen LogP contribution is 2.20. The molecule has 0 bridgehead atoms. The molecule has 9 heteroatoms. The Morgan fingerprint density at radius 1 is 1.03 bits per heavy atom. The van der Waals surface area contributed by atoms with Gasteiger partial charge < -0.3 is 10.2 Å². The van der Waals surface area contributed by atoms with Crippen LogP contribution in [0.2, 0.25) is 0 Å². The molecule has 1 N–H and O–H groups in total. The van der Waals surface area contributed by atoms with E-state index in [1.165, 1.54) is 24.3 Å². The Balaban J connectivity index is 2.16. The van der Waals surface area contributed by atoms with Crippen molar-refractivity contribution in [2.45, 2.75) is 53.1 Å². The minimum Gasteiger partial charge on any atom is -0.354 e. The normalized spacial score (nSPS) is 12.3. The molecule has 2 aromatic rings. The van der Waals surface area contributed by atoms with Crippen molar-refractivity contribution in [3.63, 3.8) is 0 Å². The van der Waals surface area contributed by atoms with Crippen LogP contribution in [0.25, 0.3) is 0 Å². The maximum absolute atomic E-state index is 13.3. The molecule has 192 valence electrons. The minimum absolute atomic E-state index is 0.0564. The van der Waals surface area contributed by atoms with Crippen molar-refractivity contribution in [1.82, 2.24) is 10.2 Å². The Labute approximate surface area is 208 Å². The first-order valence-corrected chi connectivity index (χ1v) is 13.6. The highest BCUT2D eigenvalue weighted by atomic mass is 32.2. The summed E-state index contributed by atoms with van der Waals surface area (Å²) in [6.07, 6.45) is 1.37. The summed E-state index contributed by atoms with van der Waals surface area (Å²) in [4.78, 5) is 27.6. The van der Waals surface area contributed by atoms with Crippen LogP contribution in [0.5, 0.6) is 0 Å². The van der Waals surface area contributed by atoms with Crippen molar-refractivity contribution in [1.29, 1.82) is 0 Å². The van der Waals surface area contributed by atoms with Gasteiger partial charge in [0, 0.05) is 26.1 Å². The standard InChI is InChI=1S/C26H36FN3O4S/c1-19(2)17-28-26(32)21(4)29(18-22-10-7-6-9-20(22)3)25(31)11-8-16-30(35(5,33)34)24-14-12-23(27)13-15-24/h6-7,9-10,12-15,19,21H,8,11,16-18H2,1-5H3,(H,28,32)/t21-/m0/s1. The van der Waals surface area contributed by atoms with E-state index in [2.05, 4.69) is 5.32 Å². The van der Waals surface area contributed by atoms with Crippen LogP contribution in [0.3, 0.4) is 0 Å². The van der Waals surface area contributed by atoms with Crippen LogP contribution in [0.4, 0.5) is 10.1 Å². The quantitative estimate of drug-likeness (QED) is 0.475. The lowest BCUT2D eigenvalue weighted by atomic mass is 10.1. The largest absolute Gasteiger partial charge is 0.354 e. The number of nitrogens with one attached hydrogen (secondary N) is 1. The van der Waals surface area contributed by atoms with E-state index in [1.807, 2.05) is 45.0 Å². The third kappa shape index (κ3) is 8.65. The molecule has 0 fully saturated rings. The second-order valence-corrected chi connectivity index (χ2v) is 11.1. The van der Waals surface area contributed by atoms with Crippen molar-refractivity contribution in [2.24, 2.45) is 5.92 Å². The Morgan fingerprint density at radius 3 is 2.23 bits per heavy atom. The molecule has 0 heterocycles. The van der Waals surface area contributed by atoms with Gasteiger partial charge >= 0.3 is 0 Å². The molecule has 0 aliphatic heterocycles. The van der Waals surface area contributed by atoms with Crippen LogP contribution in [-0.2, 0) is 26.2 Å². The monoisotopic (exact) mass is 505 g/mol. The van der Waals surface area contributed by atoms with Gasteiger partial charge in [0.25, 0.3) is 0 Å². The zero-order valence-corrected chi connectivity index (χ0v) is 21.9. The van der Waals surface area contributed by atoms with Gasteiger partial charge in [-0.05, 0) is 61.6 Å². The number of carbonyl (C=O) groups excluding carboxylic acids is 2. The minimum atomic E-state index is -3.63. The number of amides is 2. The number of sulfonamides is 1. The van der Waals surface area contributed by atoms with E-state index in [4.69, 9.17) is 0 Å². The Morgan fingerprint density at radius 2 is 1.66 bits per heavy atom. The predicted octanol–water partition coefficient (Wildman–Crippen LogP) is 3.87. The Bertz CT molecular complexity index is 1100. The molecule has 7 nitrogen and oxygen atoms in total. The summed E-state index contributed by atoms with van der Waals surface area (Å²) in [7, 11) is -3.63. The third-order valence-electron chi connectivity index (χ3n) is 5.72. The van der Waals surface area contributed by atoms with Crippen molar-refractivity contribution < 1.29 is 22.4 Å². The number of benzene rings is 2. The van der Waals surface area contributed by atoms with Gasteiger partial charge in [-0.3, -0.25) is 13.9 Å². The van der Waals surface area contributed by atoms with E-state index in [0.29, 0.717) is 12.2 Å². The van der Waals surface area contributed by atoms with Crippen LogP contribution in [0, 0.1) is 18.7 Å². The van der Waals surface area contributed by atoms with Gasteiger partial charge in [0.15, 0.2) is 0 Å². The Kier molecular flexibility index (Phi) is 10.2. The molecule has 0 aliphatic rings.